The van der Waals surface area contributed by atoms with E-state index in [1.807, 2.05) is 22.9 Å². The summed E-state index contributed by atoms with van der Waals surface area (Å²) in [6.45, 7) is 0.373. The maximum Gasteiger partial charge on any atom is 0.150 e. The lowest BCUT2D eigenvalue weighted by Gasteiger charge is -2.08. The summed E-state index contributed by atoms with van der Waals surface area (Å²) in [6, 6.07) is 12.3. The molecule has 20 heavy (non-hydrogen) atoms. The molecule has 0 saturated heterocycles. The second kappa shape index (κ2) is 5.10. The molecule has 0 unspecified atom stereocenters. The van der Waals surface area contributed by atoms with Gasteiger partial charge in [0.2, 0.25) is 0 Å². The third-order valence-electron chi connectivity index (χ3n) is 3.31. The lowest BCUT2D eigenvalue weighted by atomic mass is 10.1. The van der Waals surface area contributed by atoms with Crippen molar-refractivity contribution in [3.8, 4) is 0 Å². The molecule has 0 aliphatic heterocycles. The SMILES string of the molecule is O=Cc1ccc2ccn(Cc3cccc(Cl)c3F)c2c1. The van der Waals surface area contributed by atoms with Gasteiger partial charge in [0.15, 0.2) is 0 Å². The van der Waals surface area contributed by atoms with Crippen LogP contribution in [0.1, 0.15) is 15.9 Å². The molecule has 0 saturated carbocycles. The van der Waals surface area contributed by atoms with Crippen LogP contribution < -0.4 is 0 Å². The molecule has 4 heteroatoms. The van der Waals surface area contributed by atoms with E-state index in [0.29, 0.717) is 17.7 Å². The monoisotopic (exact) mass is 287 g/mol. The zero-order valence-corrected chi connectivity index (χ0v) is 11.3. The average Bonchev–Trinajstić information content (AvgIpc) is 2.86. The molecule has 0 N–H and O–H groups in total. The van der Waals surface area contributed by atoms with Gasteiger partial charge in [-0.1, -0.05) is 35.9 Å². The maximum atomic E-state index is 13.9. The van der Waals surface area contributed by atoms with E-state index in [-0.39, 0.29) is 5.02 Å². The number of hydrogen-bond donors (Lipinski definition) is 0. The van der Waals surface area contributed by atoms with Gasteiger partial charge in [0.25, 0.3) is 0 Å². The number of benzene rings is 2. The zero-order chi connectivity index (χ0) is 14.1. The van der Waals surface area contributed by atoms with Crippen LogP contribution in [0.3, 0.4) is 0 Å². The molecule has 0 aliphatic carbocycles. The van der Waals surface area contributed by atoms with Crippen LogP contribution >= 0.6 is 11.6 Å². The minimum Gasteiger partial charge on any atom is -0.343 e. The van der Waals surface area contributed by atoms with E-state index in [2.05, 4.69) is 0 Å². The van der Waals surface area contributed by atoms with Crippen molar-refractivity contribution in [3.05, 3.63) is 70.6 Å². The summed E-state index contributed by atoms with van der Waals surface area (Å²) in [6.07, 6.45) is 2.68. The van der Waals surface area contributed by atoms with Crippen molar-refractivity contribution in [2.45, 2.75) is 6.54 Å². The molecule has 3 rings (SSSR count). The molecule has 1 heterocycles. The van der Waals surface area contributed by atoms with Gasteiger partial charge >= 0.3 is 0 Å². The van der Waals surface area contributed by atoms with Crippen LogP contribution in [0.25, 0.3) is 10.9 Å². The fraction of sp³-hybridized carbons (Fsp3) is 0.0625. The van der Waals surface area contributed by atoms with Gasteiger partial charge in [-0.15, -0.1) is 0 Å². The molecule has 2 aromatic carbocycles. The summed E-state index contributed by atoms with van der Waals surface area (Å²) in [5, 5.41) is 1.13. The third-order valence-corrected chi connectivity index (χ3v) is 3.60. The molecule has 100 valence electrons. The van der Waals surface area contributed by atoms with Gasteiger partial charge < -0.3 is 4.57 Å². The maximum absolute atomic E-state index is 13.9. The number of fused-ring (bicyclic) bond motifs is 1. The Morgan fingerprint density at radius 1 is 1.20 bits per heavy atom. The van der Waals surface area contributed by atoms with Crippen molar-refractivity contribution in [2.75, 3.05) is 0 Å². The van der Waals surface area contributed by atoms with Gasteiger partial charge in [0.05, 0.1) is 11.6 Å². The van der Waals surface area contributed by atoms with Gasteiger partial charge in [0, 0.05) is 22.8 Å². The highest BCUT2D eigenvalue weighted by molar-refractivity contribution is 6.30. The van der Waals surface area contributed by atoms with Gasteiger partial charge in [-0.25, -0.2) is 4.39 Å². The number of aldehydes is 1. The van der Waals surface area contributed by atoms with Crippen LogP contribution in [0, 0.1) is 5.82 Å². The van der Waals surface area contributed by atoms with Crippen molar-refractivity contribution in [3.63, 3.8) is 0 Å². The van der Waals surface area contributed by atoms with Crippen LogP contribution in [0.2, 0.25) is 5.02 Å². The van der Waals surface area contributed by atoms with E-state index < -0.39 is 5.82 Å². The van der Waals surface area contributed by atoms with Crippen LogP contribution in [0.4, 0.5) is 4.39 Å². The fourth-order valence-corrected chi connectivity index (χ4v) is 2.46. The van der Waals surface area contributed by atoms with Crippen molar-refractivity contribution in [2.24, 2.45) is 0 Å². The molecule has 2 nitrogen and oxygen atoms in total. The first-order chi connectivity index (χ1) is 9.69. The molecule has 0 atom stereocenters. The van der Waals surface area contributed by atoms with E-state index in [1.54, 1.807) is 24.3 Å². The Morgan fingerprint density at radius 2 is 2.05 bits per heavy atom. The summed E-state index contributed by atoms with van der Waals surface area (Å²) in [5.41, 5.74) is 2.02. The smallest absolute Gasteiger partial charge is 0.150 e. The van der Waals surface area contributed by atoms with Gasteiger partial charge in [-0.2, -0.15) is 0 Å². The second-order valence-electron chi connectivity index (χ2n) is 4.59. The largest absolute Gasteiger partial charge is 0.343 e. The highest BCUT2D eigenvalue weighted by Gasteiger charge is 2.08. The van der Waals surface area contributed by atoms with Crippen molar-refractivity contribution in [1.29, 1.82) is 0 Å². The second-order valence-corrected chi connectivity index (χ2v) is 5.00. The highest BCUT2D eigenvalue weighted by Crippen LogP contribution is 2.22. The summed E-state index contributed by atoms with van der Waals surface area (Å²) < 4.78 is 15.8. The molecular weight excluding hydrogens is 277 g/mol. The normalized spacial score (nSPS) is 10.9. The van der Waals surface area contributed by atoms with E-state index in [1.165, 1.54) is 6.07 Å². The predicted molar refractivity (Wildman–Crippen MR) is 77.8 cm³/mol. The Bertz CT molecular complexity index is 794. The first kappa shape index (κ1) is 12.9. The molecular formula is C16H11ClFNO. The molecule has 0 bridgehead atoms. The van der Waals surface area contributed by atoms with Crippen molar-refractivity contribution >= 4 is 28.8 Å². The van der Waals surface area contributed by atoms with E-state index in [4.69, 9.17) is 11.6 Å². The first-order valence-electron chi connectivity index (χ1n) is 6.16. The minimum atomic E-state index is -0.400. The summed E-state index contributed by atoms with van der Waals surface area (Å²) in [5.74, 6) is -0.400. The summed E-state index contributed by atoms with van der Waals surface area (Å²) >= 11 is 5.79. The lowest BCUT2D eigenvalue weighted by molar-refractivity contribution is 0.112. The van der Waals surface area contributed by atoms with Crippen LogP contribution in [-0.2, 0) is 6.54 Å². The standard InChI is InChI=1S/C16H11ClFNO/c17-14-3-1-2-13(16(14)18)9-19-7-6-12-5-4-11(10-20)8-15(12)19/h1-8,10H,9H2. The number of hydrogen-bond acceptors (Lipinski definition) is 1. The van der Waals surface area contributed by atoms with Crippen molar-refractivity contribution in [1.82, 2.24) is 4.57 Å². The van der Waals surface area contributed by atoms with Crippen LogP contribution in [0.15, 0.2) is 48.7 Å². The molecule has 0 aliphatic rings. The topological polar surface area (TPSA) is 22.0 Å². The Balaban J connectivity index is 2.06. The number of rotatable bonds is 3. The Labute approximate surface area is 120 Å². The number of carbonyl (C=O) groups is 1. The third kappa shape index (κ3) is 2.21. The van der Waals surface area contributed by atoms with E-state index in [0.717, 1.165) is 17.2 Å². The quantitative estimate of drug-likeness (QED) is 0.659. The van der Waals surface area contributed by atoms with Gasteiger partial charge in [-0.05, 0) is 23.6 Å². The molecule has 1 aromatic heterocycles. The number of halogens is 2. The minimum absolute atomic E-state index is 0.118. The molecule has 3 aromatic rings. The fourth-order valence-electron chi connectivity index (χ4n) is 2.27. The zero-order valence-electron chi connectivity index (χ0n) is 10.5. The van der Waals surface area contributed by atoms with Crippen LogP contribution in [0.5, 0.6) is 0 Å². The molecule has 0 radical (unpaired) electrons. The first-order valence-corrected chi connectivity index (χ1v) is 6.54. The lowest BCUT2D eigenvalue weighted by Crippen LogP contribution is -2.01. The number of nitrogens with zero attached hydrogens (tertiary/aromatic N) is 1. The highest BCUT2D eigenvalue weighted by atomic mass is 35.5. The van der Waals surface area contributed by atoms with Gasteiger partial charge in [-0.3, -0.25) is 4.79 Å². The van der Waals surface area contributed by atoms with Crippen LogP contribution in [-0.4, -0.2) is 10.9 Å². The average molecular weight is 288 g/mol. The Hall–Kier alpha value is -2.13. The van der Waals surface area contributed by atoms with Gasteiger partial charge in [0.1, 0.15) is 12.1 Å². The van der Waals surface area contributed by atoms with E-state index >= 15 is 0 Å². The Kier molecular flexibility index (Phi) is 3.28. The number of aromatic nitrogens is 1. The molecule has 0 fully saturated rings. The summed E-state index contributed by atoms with van der Waals surface area (Å²) in [7, 11) is 0. The van der Waals surface area contributed by atoms with E-state index in [9.17, 15) is 9.18 Å². The predicted octanol–water partition coefficient (Wildman–Crippen LogP) is 4.29. The van der Waals surface area contributed by atoms with Crippen molar-refractivity contribution < 1.29 is 9.18 Å². The Morgan fingerprint density at radius 3 is 2.85 bits per heavy atom. The molecule has 0 amide bonds. The summed E-state index contributed by atoms with van der Waals surface area (Å²) in [4.78, 5) is 10.9. The molecule has 0 spiro atoms. The number of carbonyl (C=O) groups excluding carboxylic acids is 1.